The molecule has 0 fully saturated rings. The monoisotopic (exact) mass is 293 g/mol. The number of halogens is 3. The minimum atomic E-state index is -3.70. The highest BCUT2D eigenvalue weighted by atomic mass is 79.9. The van der Waals surface area contributed by atoms with Gasteiger partial charge in [-0.3, -0.25) is 4.98 Å². The van der Waals surface area contributed by atoms with Crippen molar-refractivity contribution in [2.75, 3.05) is 6.61 Å². The van der Waals surface area contributed by atoms with Gasteiger partial charge in [-0.2, -0.15) is 8.78 Å². The van der Waals surface area contributed by atoms with Crippen LogP contribution in [0.2, 0.25) is 0 Å². The first-order chi connectivity index (χ1) is 7.48. The van der Waals surface area contributed by atoms with Crippen LogP contribution in [0, 0.1) is 0 Å². The Hall–Kier alpha value is -1.04. The molecular formula is C10H10BrF2NO2. The maximum absolute atomic E-state index is 13.5. The van der Waals surface area contributed by atoms with Crippen molar-refractivity contribution in [1.82, 2.24) is 4.98 Å². The summed E-state index contributed by atoms with van der Waals surface area (Å²) < 4.78 is 31.9. The fraction of sp³-hybridized carbons (Fsp3) is 0.400. The SMILES string of the molecule is CCCOC(=O)C(F)(F)c1ccc(Br)cn1. The molecule has 0 aliphatic rings. The molecule has 0 atom stereocenters. The van der Waals surface area contributed by atoms with Gasteiger partial charge in [-0.25, -0.2) is 4.79 Å². The molecular weight excluding hydrogens is 284 g/mol. The maximum Gasteiger partial charge on any atom is 0.384 e. The molecule has 0 aliphatic carbocycles. The first-order valence-corrected chi connectivity index (χ1v) is 5.45. The number of alkyl halides is 2. The molecule has 0 aromatic carbocycles. The highest BCUT2D eigenvalue weighted by Crippen LogP contribution is 2.28. The summed E-state index contributed by atoms with van der Waals surface area (Å²) in [5.41, 5.74) is -0.614. The number of hydrogen-bond donors (Lipinski definition) is 0. The van der Waals surface area contributed by atoms with Crippen LogP contribution < -0.4 is 0 Å². The minimum absolute atomic E-state index is 0.0229. The van der Waals surface area contributed by atoms with Crippen LogP contribution in [-0.4, -0.2) is 17.6 Å². The van der Waals surface area contributed by atoms with Crippen molar-refractivity contribution in [3.8, 4) is 0 Å². The van der Waals surface area contributed by atoms with Gasteiger partial charge in [0.25, 0.3) is 0 Å². The van der Waals surface area contributed by atoms with E-state index in [4.69, 9.17) is 0 Å². The molecule has 0 unspecified atom stereocenters. The summed E-state index contributed by atoms with van der Waals surface area (Å²) in [5.74, 6) is -5.26. The quantitative estimate of drug-likeness (QED) is 0.802. The van der Waals surface area contributed by atoms with Gasteiger partial charge in [0.1, 0.15) is 5.69 Å². The molecule has 1 heterocycles. The molecule has 0 radical (unpaired) electrons. The van der Waals surface area contributed by atoms with E-state index in [0.29, 0.717) is 10.9 Å². The molecule has 0 aliphatic heterocycles. The molecule has 88 valence electrons. The van der Waals surface area contributed by atoms with Crippen LogP contribution in [0.15, 0.2) is 22.8 Å². The zero-order chi connectivity index (χ0) is 12.2. The van der Waals surface area contributed by atoms with Crippen molar-refractivity contribution in [3.63, 3.8) is 0 Å². The lowest BCUT2D eigenvalue weighted by Gasteiger charge is -2.14. The second kappa shape index (κ2) is 5.34. The topological polar surface area (TPSA) is 39.2 Å². The number of hydrogen-bond acceptors (Lipinski definition) is 3. The van der Waals surface area contributed by atoms with E-state index in [0.717, 1.165) is 6.07 Å². The Kier molecular flexibility index (Phi) is 4.35. The Morgan fingerprint density at radius 2 is 2.25 bits per heavy atom. The van der Waals surface area contributed by atoms with Crippen molar-refractivity contribution in [2.45, 2.75) is 19.3 Å². The predicted molar refractivity (Wildman–Crippen MR) is 57.1 cm³/mol. The third kappa shape index (κ3) is 2.98. The van der Waals surface area contributed by atoms with Gasteiger partial charge in [-0.05, 0) is 34.5 Å². The highest BCUT2D eigenvalue weighted by molar-refractivity contribution is 9.10. The molecule has 0 saturated heterocycles. The number of carbonyl (C=O) groups excluding carboxylic acids is 1. The Labute approximate surface area is 99.9 Å². The molecule has 6 heteroatoms. The second-order valence-electron chi connectivity index (χ2n) is 3.07. The fourth-order valence-electron chi connectivity index (χ4n) is 0.952. The number of pyridine rings is 1. The van der Waals surface area contributed by atoms with Gasteiger partial charge in [0, 0.05) is 10.7 Å². The first kappa shape index (κ1) is 13.0. The van der Waals surface area contributed by atoms with Crippen LogP contribution in [0.25, 0.3) is 0 Å². The Bertz CT molecular complexity index is 368. The molecule has 0 amide bonds. The van der Waals surface area contributed by atoms with Gasteiger partial charge < -0.3 is 4.74 Å². The standard InChI is InChI=1S/C10H10BrF2NO2/c1-2-5-16-9(15)10(12,13)8-4-3-7(11)6-14-8/h3-4,6H,2,5H2,1H3. The summed E-state index contributed by atoms with van der Waals surface area (Å²) in [4.78, 5) is 14.6. The zero-order valence-corrected chi connectivity index (χ0v) is 10.1. The highest BCUT2D eigenvalue weighted by Gasteiger charge is 2.44. The third-order valence-electron chi connectivity index (χ3n) is 1.74. The summed E-state index contributed by atoms with van der Waals surface area (Å²) in [6.07, 6.45) is 1.70. The van der Waals surface area contributed by atoms with Gasteiger partial charge in [0.15, 0.2) is 0 Å². The fourth-order valence-corrected chi connectivity index (χ4v) is 1.19. The van der Waals surface area contributed by atoms with Gasteiger partial charge in [0.05, 0.1) is 6.61 Å². The number of carbonyl (C=O) groups is 1. The summed E-state index contributed by atoms with van der Waals surface area (Å²) in [6.45, 7) is 1.70. The molecule has 0 bridgehead atoms. The van der Waals surface area contributed by atoms with Crippen LogP contribution in [0.5, 0.6) is 0 Å². The number of aromatic nitrogens is 1. The Morgan fingerprint density at radius 3 is 2.75 bits per heavy atom. The normalized spacial score (nSPS) is 11.2. The van der Waals surface area contributed by atoms with Gasteiger partial charge in [-0.15, -0.1) is 0 Å². The van der Waals surface area contributed by atoms with Crippen LogP contribution in [0.3, 0.4) is 0 Å². The first-order valence-electron chi connectivity index (χ1n) is 4.65. The molecule has 1 aromatic rings. The van der Waals surface area contributed by atoms with E-state index in [2.05, 4.69) is 25.7 Å². The van der Waals surface area contributed by atoms with Crippen molar-refractivity contribution < 1.29 is 18.3 Å². The van der Waals surface area contributed by atoms with E-state index < -0.39 is 17.6 Å². The Balaban J connectivity index is 2.83. The van der Waals surface area contributed by atoms with Crippen LogP contribution >= 0.6 is 15.9 Å². The number of rotatable bonds is 4. The largest absolute Gasteiger partial charge is 0.461 e. The molecule has 0 saturated carbocycles. The smallest absolute Gasteiger partial charge is 0.384 e. The van der Waals surface area contributed by atoms with Crippen molar-refractivity contribution >= 4 is 21.9 Å². The van der Waals surface area contributed by atoms with E-state index in [1.165, 1.54) is 12.3 Å². The number of nitrogens with zero attached hydrogens (tertiary/aromatic N) is 1. The van der Waals surface area contributed by atoms with Gasteiger partial charge >= 0.3 is 11.9 Å². The number of ether oxygens (including phenoxy) is 1. The van der Waals surface area contributed by atoms with Crippen molar-refractivity contribution in [1.29, 1.82) is 0 Å². The molecule has 0 N–H and O–H groups in total. The summed E-state index contributed by atoms with van der Waals surface area (Å²) in [5, 5.41) is 0. The summed E-state index contributed by atoms with van der Waals surface area (Å²) >= 11 is 3.07. The minimum Gasteiger partial charge on any atom is -0.461 e. The van der Waals surface area contributed by atoms with Crippen molar-refractivity contribution in [3.05, 3.63) is 28.5 Å². The molecule has 3 nitrogen and oxygen atoms in total. The maximum atomic E-state index is 13.5. The average Bonchev–Trinajstić information content (AvgIpc) is 2.26. The molecule has 0 spiro atoms. The zero-order valence-electron chi connectivity index (χ0n) is 8.54. The Morgan fingerprint density at radius 1 is 1.56 bits per heavy atom. The molecule has 16 heavy (non-hydrogen) atoms. The van der Waals surface area contributed by atoms with E-state index in [1.807, 2.05) is 0 Å². The summed E-state index contributed by atoms with van der Waals surface area (Å²) in [7, 11) is 0. The van der Waals surface area contributed by atoms with Gasteiger partial charge in [-0.1, -0.05) is 6.92 Å². The van der Waals surface area contributed by atoms with E-state index in [9.17, 15) is 13.6 Å². The van der Waals surface area contributed by atoms with Crippen molar-refractivity contribution in [2.24, 2.45) is 0 Å². The molecule has 1 aromatic heterocycles. The van der Waals surface area contributed by atoms with E-state index in [-0.39, 0.29) is 6.61 Å². The van der Waals surface area contributed by atoms with E-state index in [1.54, 1.807) is 6.92 Å². The average molecular weight is 294 g/mol. The predicted octanol–water partition coefficient (Wildman–Crippen LogP) is 2.89. The lowest BCUT2D eigenvalue weighted by atomic mass is 10.2. The summed E-state index contributed by atoms with van der Waals surface area (Å²) in [6, 6.07) is 2.47. The lowest BCUT2D eigenvalue weighted by Crippen LogP contribution is -2.29. The second-order valence-corrected chi connectivity index (χ2v) is 3.99. The lowest BCUT2D eigenvalue weighted by molar-refractivity contribution is -0.174. The third-order valence-corrected chi connectivity index (χ3v) is 2.21. The van der Waals surface area contributed by atoms with Crippen LogP contribution in [0.4, 0.5) is 8.78 Å². The van der Waals surface area contributed by atoms with Crippen LogP contribution in [0.1, 0.15) is 19.0 Å². The molecule has 1 rings (SSSR count). The van der Waals surface area contributed by atoms with Gasteiger partial charge in [0.2, 0.25) is 0 Å². The van der Waals surface area contributed by atoms with Crippen LogP contribution in [-0.2, 0) is 15.5 Å². The number of esters is 1. The van der Waals surface area contributed by atoms with E-state index >= 15 is 0 Å².